The van der Waals surface area contributed by atoms with Crippen molar-refractivity contribution in [2.45, 2.75) is 37.5 Å². The molecule has 1 heterocycles. The second-order valence-corrected chi connectivity index (χ2v) is 9.06. The van der Waals surface area contributed by atoms with Gasteiger partial charge in [-0.3, -0.25) is 4.90 Å². The maximum absolute atomic E-state index is 6.06. The van der Waals surface area contributed by atoms with Gasteiger partial charge in [0, 0.05) is 12.5 Å². The second-order valence-electron chi connectivity index (χ2n) is 9.06. The molecule has 166 valence electrons. The van der Waals surface area contributed by atoms with E-state index in [1.165, 1.54) is 48.2 Å². The number of rotatable bonds is 7. The third-order valence-electron chi connectivity index (χ3n) is 7.15. The van der Waals surface area contributed by atoms with Gasteiger partial charge in [0.15, 0.2) is 0 Å². The number of fused-ring (bicyclic) bond motifs is 1. The quantitative estimate of drug-likeness (QED) is 0.459. The molecule has 1 aliphatic heterocycles. The standard InChI is InChI=1S/C29H33NO2/c1-31-26-14-16-28-24(21-26)11-15-27(22-7-3-2-4-8-22)29(28)23-9-12-25(13-10-23)32-20-19-30-17-5-6-18-30/h2-4,7-10,12-14,16,21,27,29H,5-6,11,15,17-20H2,1H3/t27?,29-/m1/s1. The van der Waals surface area contributed by atoms with Crippen molar-refractivity contribution in [2.24, 2.45) is 0 Å². The largest absolute Gasteiger partial charge is 0.497 e. The molecule has 32 heavy (non-hydrogen) atoms. The molecule has 3 aromatic carbocycles. The minimum absolute atomic E-state index is 0.339. The van der Waals surface area contributed by atoms with Crippen LogP contribution in [-0.4, -0.2) is 38.3 Å². The molecule has 0 saturated carbocycles. The highest BCUT2D eigenvalue weighted by Crippen LogP contribution is 2.47. The van der Waals surface area contributed by atoms with Gasteiger partial charge in [-0.25, -0.2) is 0 Å². The number of aryl methyl sites for hydroxylation is 1. The Kier molecular flexibility index (Phi) is 6.45. The lowest BCUT2D eigenvalue weighted by Gasteiger charge is -2.35. The highest BCUT2D eigenvalue weighted by molar-refractivity contribution is 5.48. The lowest BCUT2D eigenvalue weighted by molar-refractivity contribution is 0.237. The van der Waals surface area contributed by atoms with E-state index in [2.05, 4.69) is 77.7 Å². The summed E-state index contributed by atoms with van der Waals surface area (Å²) in [6, 6.07) is 26.4. The molecule has 0 aromatic heterocycles. The summed E-state index contributed by atoms with van der Waals surface area (Å²) in [7, 11) is 1.75. The van der Waals surface area contributed by atoms with Crippen LogP contribution >= 0.6 is 0 Å². The molecule has 0 amide bonds. The number of likely N-dealkylation sites (tertiary alicyclic amines) is 1. The Labute approximate surface area is 192 Å². The van der Waals surface area contributed by atoms with E-state index in [1.807, 2.05) is 0 Å². The predicted octanol–water partition coefficient (Wildman–Crippen LogP) is 6.03. The van der Waals surface area contributed by atoms with Crippen LogP contribution in [0.15, 0.2) is 72.8 Å². The first kappa shape index (κ1) is 21.1. The van der Waals surface area contributed by atoms with E-state index in [0.29, 0.717) is 11.8 Å². The Hall–Kier alpha value is -2.78. The van der Waals surface area contributed by atoms with Crippen LogP contribution in [-0.2, 0) is 6.42 Å². The number of hydrogen-bond donors (Lipinski definition) is 0. The topological polar surface area (TPSA) is 21.7 Å². The normalized spacial score (nSPS) is 20.7. The van der Waals surface area contributed by atoms with Gasteiger partial charge in [0.1, 0.15) is 18.1 Å². The van der Waals surface area contributed by atoms with Gasteiger partial charge in [0.05, 0.1) is 7.11 Å². The van der Waals surface area contributed by atoms with E-state index in [-0.39, 0.29) is 0 Å². The van der Waals surface area contributed by atoms with Gasteiger partial charge in [-0.05, 0) is 91.2 Å². The molecule has 1 aliphatic carbocycles. The average Bonchev–Trinajstić information content (AvgIpc) is 3.37. The minimum Gasteiger partial charge on any atom is -0.497 e. The molecule has 3 heteroatoms. The number of methoxy groups -OCH3 is 1. The molecule has 0 spiro atoms. The number of hydrogen-bond acceptors (Lipinski definition) is 3. The maximum atomic E-state index is 6.06. The predicted molar refractivity (Wildman–Crippen MR) is 130 cm³/mol. The van der Waals surface area contributed by atoms with Crippen molar-refractivity contribution >= 4 is 0 Å². The summed E-state index contributed by atoms with van der Waals surface area (Å²) in [5.41, 5.74) is 5.61. The zero-order valence-electron chi connectivity index (χ0n) is 19.0. The van der Waals surface area contributed by atoms with E-state index < -0.39 is 0 Å². The van der Waals surface area contributed by atoms with Crippen molar-refractivity contribution in [3.63, 3.8) is 0 Å². The fraction of sp³-hybridized carbons (Fsp3) is 0.379. The first-order valence-electron chi connectivity index (χ1n) is 12.0. The van der Waals surface area contributed by atoms with Crippen LogP contribution in [0.3, 0.4) is 0 Å². The Morgan fingerprint density at radius 1 is 0.844 bits per heavy atom. The molecule has 1 saturated heterocycles. The number of benzene rings is 3. The summed E-state index contributed by atoms with van der Waals surface area (Å²) in [6.45, 7) is 4.22. The molecule has 5 rings (SSSR count). The van der Waals surface area contributed by atoms with Crippen molar-refractivity contribution in [3.8, 4) is 11.5 Å². The molecule has 0 N–H and O–H groups in total. The smallest absolute Gasteiger partial charge is 0.119 e. The zero-order valence-corrected chi connectivity index (χ0v) is 19.0. The van der Waals surface area contributed by atoms with Crippen molar-refractivity contribution in [3.05, 3.63) is 95.1 Å². The van der Waals surface area contributed by atoms with Crippen molar-refractivity contribution < 1.29 is 9.47 Å². The van der Waals surface area contributed by atoms with Crippen LogP contribution < -0.4 is 9.47 Å². The minimum atomic E-state index is 0.339. The average molecular weight is 428 g/mol. The van der Waals surface area contributed by atoms with Crippen LogP contribution in [0.4, 0.5) is 0 Å². The molecular weight excluding hydrogens is 394 g/mol. The van der Waals surface area contributed by atoms with E-state index >= 15 is 0 Å². The van der Waals surface area contributed by atoms with E-state index in [9.17, 15) is 0 Å². The molecule has 0 bridgehead atoms. The van der Waals surface area contributed by atoms with Gasteiger partial charge < -0.3 is 9.47 Å². The van der Waals surface area contributed by atoms with Crippen LogP contribution in [0.25, 0.3) is 0 Å². The van der Waals surface area contributed by atoms with Gasteiger partial charge in [-0.1, -0.05) is 48.5 Å². The van der Waals surface area contributed by atoms with E-state index in [4.69, 9.17) is 9.47 Å². The Bertz CT molecular complexity index is 1010. The Morgan fingerprint density at radius 2 is 1.59 bits per heavy atom. The van der Waals surface area contributed by atoms with Crippen LogP contribution in [0.2, 0.25) is 0 Å². The molecule has 3 aromatic rings. The highest BCUT2D eigenvalue weighted by atomic mass is 16.5. The second kappa shape index (κ2) is 9.79. The lowest BCUT2D eigenvalue weighted by atomic mass is 9.69. The third kappa shape index (κ3) is 4.54. The summed E-state index contributed by atoms with van der Waals surface area (Å²) in [5.74, 6) is 2.72. The molecule has 2 atom stereocenters. The van der Waals surface area contributed by atoms with Crippen LogP contribution in [0.5, 0.6) is 11.5 Å². The number of nitrogens with zero attached hydrogens (tertiary/aromatic N) is 1. The Morgan fingerprint density at radius 3 is 2.34 bits per heavy atom. The first-order valence-corrected chi connectivity index (χ1v) is 12.0. The molecule has 2 aliphatic rings. The first-order chi connectivity index (χ1) is 15.8. The summed E-state index contributed by atoms with van der Waals surface area (Å²) >= 11 is 0. The zero-order chi connectivity index (χ0) is 21.8. The lowest BCUT2D eigenvalue weighted by Crippen LogP contribution is -2.25. The van der Waals surface area contributed by atoms with E-state index in [0.717, 1.165) is 37.5 Å². The van der Waals surface area contributed by atoms with Gasteiger partial charge in [0.2, 0.25) is 0 Å². The molecule has 3 nitrogen and oxygen atoms in total. The van der Waals surface area contributed by atoms with E-state index in [1.54, 1.807) is 7.11 Å². The third-order valence-corrected chi connectivity index (χ3v) is 7.15. The van der Waals surface area contributed by atoms with Gasteiger partial charge in [0.25, 0.3) is 0 Å². The summed E-state index contributed by atoms with van der Waals surface area (Å²) in [4.78, 5) is 2.49. The fourth-order valence-electron chi connectivity index (χ4n) is 5.46. The fourth-order valence-corrected chi connectivity index (χ4v) is 5.46. The summed E-state index contributed by atoms with van der Waals surface area (Å²) in [6.07, 6.45) is 4.88. The summed E-state index contributed by atoms with van der Waals surface area (Å²) in [5, 5.41) is 0. The van der Waals surface area contributed by atoms with Crippen LogP contribution in [0.1, 0.15) is 53.4 Å². The van der Waals surface area contributed by atoms with Crippen molar-refractivity contribution in [1.29, 1.82) is 0 Å². The maximum Gasteiger partial charge on any atom is 0.119 e. The van der Waals surface area contributed by atoms with Gasteiger partial charge in [-0.2, -0.15) is 0 Å². The molecule has 0 radical (unpaired) electrons. The van der Waals surface area contributed by atoms with Crippen molar-refractivity contribution in [2.75, 3.05) is 33.4 Å². The monoisotopic (exact) mass is 427 g/mol. The summed E-state index contributed by atoms with van der Waals surface area (Å²) < 4.78 is 11.6. The molecular formula is C29H33NO2. The highest BCUT2D eigenvalue weighted by Gasteiger charge is 2.32. The van der Waals surface area contributed by atoms with Gasteiger partial charge in [-0.15, -0.1) is 0 Å². The van der Waals surface area contributed by atoms with Crippen LogP contribution in [0, 0.1) is 0 Å². The SMILES string of the molecule is COc1ccc2c(c1)CCC(c1ccccc1)[C@H]2c1ccc(OCCN2CCCC2)cc1. The molecule has 1 unspecified atom stereocenters. The number of ether oxygens (including phenoxy) is 2. The Balaban J connectivity index is 1.39. The van der Waals surface area contributed by atoms with Crippen molar-refractivity contribution in [1.82, 2.24) is 4.90 Å². The molecule has 1 fully saturated rings. The van der Waals surface area contributed by atoms with Gasteiger partial charge >= 0.3 is 0 Å².